The lowest BCUT2D eigenvalue weighted by molar-refractivity contribution is 0.305. The SMILES string of the molecule is COc1cccc(COc2ccc(C#CCO)cc2)c1. The number of methoxy groups -OCH3 is 1. The highest BCUT2D eigenvalue weighted by atomic mass is 16.5. The van der Waals surface area contributed by atoms with E-state index >= 15 is 0 Å². The van der Waals surface area contributed by atoms with Crippen molar-refractivity contribution in [1.29, 1.82) is 0 Å². The summed E-state index contributed by atoms with van der Waals surface area (Å²) in [6.45, 7) is 0.354. The van der Waals surface area contributed by atoms with Crippen LogP contribution in [0.2, 0.25) is 0 Å². The zero-order valence-electron chi connectivity index (χ0n) is 11.3. The van der Waals surface area contributed by atoms with Crippen molar-refractivity contribution >= 4 is 0 Å². The summed E-state index contributed by atoms with van der Waals surface area (Å²) in [5.41, 5.74) is 1.90. The fraction of sp³-hybridized carbons (Fsp3) is 0.176. The standard InChI is InChI=1S/C17H16O3/c1-19-17-6-2-4-15(12-17)13-20-16-9-7-14(8-10-16)5-3-11-18/h2,4,6-10,12,18H,11,13H2,1H3. The maximum Gasteiger partial charge on any atom is 0.119 e. The molecule has 1 N–H and O–H groups in total. The summed E-state index contributed by atoms with van der Waals surface area (Å²) in [5.74, 6) is 7.04. The lowest BCUT2D eigenvalue weighted by Crippen LogP contribution is -1.96. The molecule has 0 aliphatic rings. The molecule has 2 rings (SSSR count). The summed E-state index contributed by atoms with van der Waals surface area (Å²) in [5, 5.41) is 8.63. The van der Waals surface area contributed by atoms with Gasteiger partial charge < -0.3 is 14.6 Å². The van der Waals surface area contributed by atoms with Crippen LogP contribution in [-0.2, 0) is 6.61 Å². The predicted octanol–water partition coefficient (Wildman–Crippen LogP) is 2.62. The van der Waals surface area contributed by atoms with Crippen LogP contribution in [0.5, 0.6) is 11.5 Å². The molecule has 0 aliphatic heterocycles. The molecular weight excluding hydrogens is 252 g/mol. The molecule has 102 valence electrons. The van der Waals surface area contributed by atoms with Gasteiger partial charge in [0, 0.05) is 5.56 Å². The minimum Gasteiger partial charge on any atom is -0.497 e. The second kappa shape index (κ2) is 7.22. The molecule has 0 saturated heterocycles. The predicted molar refractivity (Wildman–Crippen MR) is 77.7 cm³/mol. The van der Waals surface area contributed by atoms with E-state index in [1.807, 2.05) is 48.5 Å². The van der Waals surface area contributed by atoms with Gasteiger partial charge in [-0.05, 0) is 42.0 Å². The van der Waals surface area contributed by atoms with Crippen molar-refractivity contribution < 1.29 is 14.6 Å². The molecule has 0 atom stereocenters. The Kier molecular flexibility index (Phi) is 5.05. The fourth-order valence-corrected chi connectivity index (χ4v) is 1.70. The minimum atomic E-state index is -0.131. The van der Waals surface area contributed by atoms with E-state index in [2.05, 4.69) is 11.8 Å². The zero-order valence-corrected chi connectivity index (χ0v) is 11.3. The molecule has 0 amide bonds. The van der Waals surface area contributed by atoms with E-state index in [4.69, 9.17) is 14.6 Å². The first-order chi connectivity index (χ1) is 9.81. The summed E-state index contributed by atoms with van der Waals surface area (Å²) < 4.78 is 10.9. The van der Waals surface area contributed by atoms with E-state index in [0.29, 0.717) is 6.61 Å². The van der Waals surface area contributed by atoms with Crippen LogP contribution in [0.15, 0.2) is 48.5 Å². The minimum absolute atomic E-state index is 0.131. The highest BCUT2D eigenvalue weighted by Gasteiger charge is 1.98. The molecule has 0 aromatic heterocycles. The quantitative estimate of drug-likeness (QED) is 0.866. The maximum absolute atomic E-state index is 8.63. The van der Waals surface area contributed by atoms with Crippen LogP contribution in [0.3, 0.4) is 0 Å². The van der Waals surface area contributed by atoms with Gasteiger partial charge >= 0.3 is 0 Å². The summed E-state index contributed by atoms with van der Waals surface area (Å²) in [6, 6.07) is 15.2. The van der Waals surface area contributed by atoms with Gasteiger partial charge in [-0.3, -0.25) is 0 Å². The number of ether oxygens (including phenoxy) is 2. The molecule has 0 unspecified atom stereocenters. The molecule has 0 bridgehead atoms. The van der Waals surface area contributed by atoms with Crippen molar-refractivity contribution in [2.75, 3.05) is 13.7 Å². The Bertz CT molecular complexity index is 606. The van der Waals surface area contributed by atoms with Crippen LogP contribution in [-0.4, -0.2) is 18.8 Å². The van der Waals surface area contributed by atoms with Gasteiger partial charge in [-0.15, -0.1) is 0 Å². The molecular formula is C17H16O3. The van der Waals surface area contributed by atoms with Crippen molar-refractivity contribution in [2.45, 2.75) is 6.61 Å². The van der Waals surface area contributed by atoms with Crippen molar-refractivity contribution in [2.24, 2.45) is 0 Å². The summed E-state index contributed by atoms with van der Waals surface area (Å²) in [4.78, 5) is 0. The van der Waals surface area contributed by atoms with Crippen LogP contribution in [0, 0.1) is 11.8 Å². The number of aliphatic hydroxyl groups is 1. The lowest BCUT2D eigenvalue weighted by Gasteiger charge is -2.07. The first-order valence-corrected chi connectivity index (χ1v) is 6.27. The largest absolute Gasteiger partial charge is 0.497 e. The molecule has 0 aliphatic carbocycles. The van der Waals surface area contributed by atoms with Gasteiger partial charge in [-0.2, -0.15) is 0 Å². The van der Waals surface area contributed by atoms with Crippen molar-refractivity contribution in [3.63, 3.8) is 0 Å². The Morgan fingerprint density at radius 1 is 1.05 bits per heavy atom. The van der Waals surface area contributed by atoms with E-state index < -0.39 is 0 Å². The average molecular weight is 268 g/mol. The van der Waals surface area contributed by atoms with E-state index in [-0.39, 0.29) is 6.61 Å². The third-order valence-corrected chi connectivity index (χ3v) is 2.71. The molecule has 2 aromatic carbocycles. The third kappa shape index (κ3) is 4.04. The molecule has 3 heteroatoms. The first-order valence-electron chi connectivity index (χ1n) is 6.27. The lowest BCUT2D eigenvalue weighted by atomic mass is 10.2. The number of hydrogen-bond donors (Lipinski definition) is 1. The van der Waals surface area contributed by atoms with Gasteiger partial charge in [0.15, 0.2) is 0 Å². The average Bonchev–Trinajstić information content (AvgIpc) is 2.52. The number of aliphatic hydroxyl groups excluding tert-OH is 1. The van der Waals surface area contributed by atoms with Crippen LogP contribution in [0.25, 0.3) is 0 Å². The number of hydrogen-bond acceptors (Lipinski definition) is 3. The Morgan fingerprint density at radius 2 is 1.85 bits per heavy atom. The van der Waals surface area contributed by atoms with E-state index in [9.17, 15) is 0 Å². The Morgan fingerprint density at radius 3 is 2.55 bits per heavy atom. The van der Waals surface area contributed by atoms with Crippen LogP contribution in [0.1, 0.15) is 11.1 Å². The molecule has 0 spiro atoms. The van der Waals surface area contributed by atoms with Crippen molar-refractivity contribution in [3.8, 4) is 23.3 Å². The smallest absolute Gasteiger partial charge is 0.119 e. The van der Waals surface area contributed by atoms with Gasteiger partial charge in [0.05, 0.1) is 7.11 Å². The van der Waals surface area contributed by atoms with Gasteiger partial charge in [0.25, 0.3) is 0 Å². The Balaban J connectivity index is 1.96. The topological polar surface area (TPSA) is 38.7 Å². The molecule has 0 radical (unpaired) electrons. The highest BCUT2D eigenvalue weighted by Crippen LogP contribution is 2.16. The normalized spacial score (nSPS) is 9.50. The van der Waals surface area contributed by atoms with Crippen molar-refractivity contribution in [3.05, 3.63) is 59.7 Å². The van der Waals surface area contributed by atoms with Crippen LogP contribution >= 0.6 is 0 Å². The monoisotopic (exact) mass is 268 g/mol. The molecule has 0 heterocycles. The molecule has 0 saturated carbocycles. The van der Waals surface area contributed by atoms with Gasteiger partial charge in [0.2, 0.25) is 0 Å². The van der Waals surface area contributed by atoms with Crippen LogP contribution in [0.4, 0.5) is 0 Å². The first kappa shape index (κ1) is 14.0. The van der Waals surface area contributed by atoms with E-state index in [1.54, 1.807) is 7.11 Å². The maximum atomic E-state index is 8.63. The molecule has 3 nitrogen and oxygen atoms in total. The van der Waals surface area contributed by atoms with E-state index in [0.717, 1.165) is 22.6 Å². The molecule has 2 aromatic rings. The Hall–Kier alpha value is -2.44. The fourth-order valence-electron chi connectivity index (χ4n) is 1.70. The Labute approximate surface area is 118 Å². The summed E-state index contributed by atoms with van der Waals surface area (Å²) >= 11 is 0. The number of benzene rings is 2. The summed E-state index contributed by atoms with van der Waals surface area (Å²) in [7, 11) is 1.64. The molecule has 0 fully saturated rings. The summed E-state index contributed by atoms with van der Waals surface area (Å²) in [6.07, 6.45) is 0. The zero-order chi connectivity index (χ0) is 14.2. The second-order valence-electron chi connectivity index (χ2n) is 4.12. The van der Waals surface area contributed by atoms with Crippen molar-refractivity contribution in [1.82, 2.24) is 0 Å². The molecule has 20 heavy (non-hydrogen) atoms. The van der Waals surface area contributed by atoms with Gasteiger partial charge in [-0.1, -0.05) is 24.0 Å². The second-order valence-corrected chi connectivity index (χ2v) is 4.12. The van der Waals surface area contributed by atoms with Gasteiger partial charge in [-0.25, -0.2) is 0 Å². The van der Waals surface area contributed by atoms with Gasteiger partial charge in [0.1, 0.15) is 24.7 Å². The third-order valence-electron chi connectivity index (χ3n) is 2.71. The van der Waals surface area contributed by atoms with E-state index in [1.165, 1.54) is 0 Å². The highest BCUT2D eigenvalue weighted by molar-refractivity contribution is 5.38. The number of rotatable bonds is 4. The van der Waals surface area contributed by atoms with Crippen LogP contribution < -0.4 is 9.47 Å².